The number of ether oxygens (including phenoxy) is 1. The van der Waals surface area contributed by atoms with Crippen LogP contribution in [0, 0.1) is 0 Å². The highest BCUT2D eigenvalue weighted by Crippen LogP contribution is 2.27. The molecule has 0 fully saturated rings. The lowest BCUT2D eigenvalue weighted by atomic mass is 10.0. The zero-order chi connectivity index (χ0) is 17.6. The molecule has 1 N–H and O–H groups in total. The average Bonchev–Trinajstić information content (AvgIpc) is 2.67. The van der Waals surface area contributed by atoms with Gasteiger partial charge in [0, 0.05) is 37.6 Å². The van der Waals surface area contributed by atoms with Crippen LogP contribution in [0.4, 0.5) is 5.69 Å². The number of hydrogen-bond donors (Lipinski definition) is 1. The standard InChI is InChI=1S/C19H21N3O3/c1-25-12-10-21-18(23)15-8-9-20-16(13-15)19(24)22-11-4-6-14-5-2-3-7-17(14)22/h2-3,5,7-9,13H,4,6,10-12H2,1H3,(H,21,23). The van der Waals surface area contributed by atoms with Gasteiger partial charge in [-0.05, 0) is 36.6 Å². The van der Waals surface area contributed by atoms with E-state index in [1.807, 2.05) is 24.3 Å². The topological polar surface area (TPSA) is 71.5 Å². The number of amides is 2. The number of anilines is 1. The van der Waals surface area contributed by atoms with Gasteiger partial charge in [0.15, 0.2) is 0 Å². The van der Waals surface area contributed by atoms with Crippen molar-refractivity contribution in [2.45, 2.75) is 12.8 Å². The third kappa shape index (κ3) is 3.85. The second kappa shape index (κ2) is 7.90. The predicted molar refractivity (Wildman–Crippen MR) is 94.9 cm³/mol. The van der Waals surface area contributed by atoms with Gasteiger partial charge in [0.2, 0.25) is 0 Å². The minimum atomic E-state index is -0.243. The van der Waals surface area contributed by atoms with Crippen molar-refractivity contribution in [2.75, 3.05) is 31.7 Å². The molecule has 25 heavy (non-hydrogen) atoms. The lowest BCUT2D eigenvalue weighted by Gasteiger charge is -2.29. The molecular weight excluding hydrogens is 318 g/mol. The highest BCUT2D eigenvalue weighted by Gasteiger charge is 2.24. The monoisotopic (exact) mass is 339 g/mol. The number of pyridine rings is 1. The minimum absolute atomic E-state index is 0.182. The SMILES string of the molecule is COCCNC(=O)c1ccnc(C(=O)N2CCCc3ccccc32)c1. The van der Waals surface area contributed by atoms with Gasteiger partial charge < -0.3 is 15.0 Å². The van der Waals surface area contributed by atoms with E-state index >= 15 is 0 Å². The molecule has 0 radical (unpaired) electrons. The van der Waals surface area contributed by atoms with Crippen molar-refractivity contribution in [2.24, 2.45) is 0 Å². The molecule has 0 aliphatic carbocycles. The Hall–Kier alpha value is -2.73. The van der Waals surface area contributed by atoms with Crippen molar-refractivity contribution in [3.63, 3.8) is 0 Å². The van der Waals surface area contributed by atoms with Crippen LogP contribution in [0.25, 0.3) is 0 Å². The Morgan fingerprint density at radius 2 is 2.12 bits per heavy atom. The van der Waals surface area contributed by atoms with E-state index in [9.17, 15) is 9.59 Å². The molecule has 130 valence electrons. The van der Waals surface area contributed by atoms with Crippen LogP contribution < -0.4 is 10.2 Å². The van der Waals surface area contributed by atoms with Crippen molar-refractivity contribution in [3.05, 3.63) is 59.4 Å². The highest BCUT2D eigenvalue weighted by atomic mass is 16.5. The number of aryl methyl sites for hydroxylation is 1. The second-order valence-corrected chi connectivity index (χ2v) is 5.87. The molecule has 2 aromatic rings. The van der Waals surface area contributed by atoms with Crippen LogP contribution in [0.2, 0.25) is 0 Å². The number of benzene rings is 1. The third-order valence-electron chi connectivity index (χ3n) is 4.19. The molecule has 0 spiro atoms. The van der Waals surface area contributed by atoms with Crippen LogP contribution in [-0.2, 0) is 11.2 Å². The Balaban J connectivity index is 1.80. The fourth-order valence-corrected chi connectivity index (χ4v) is 2.94. The van der Waals surface area contributed by atoms with Gasteiger partial charge >= 0.3 is 0 Å². The van der Waals surface area contributed by atoms with Crippen LogP contribution in [-0.4, -0.2) is 43.6 Å². The van der Waals surface area contributed by atoms with Gasteiger partial charge in [0.25, 0.3) is 11.8 Å². The summed E-state index contributed by atoms with van der Waals surface area (Å²) in [6.07, 6.45) is 3.38. The molecule has 2 amide bonds. The number of rotatable bonds is 5. The second-order valence-electron chi connectivity index (χ2n) is 5.87. The van der Waals surface area contributed by atoms with Gasteiger partial charge in [0.1, 0.15) is 5.69 Å². The first-order valence-electron chi connectivity index (χ1n) is 8.33. The molecule has 1 aliphatic heterocycles. The predicted octanol–water partition coefficient (Wildman–Crippen LogP) is 2.05. The lowest BCUT2D eigenvalue weighted by Crippen LogP contribution is -2.36. The Kier molecular flexibility index (Phi) is 5.40. The Labute approximate surface area is 146 Å². The zero-order valence-corrected chi connectivity index (χ0v) is 14.2. The molecule has 0 bridgehead atoms. The molecule has 6 nitrogen and oxygen atoms in total. The van der Waals surface area contributed by atoms with Crippen LogP contribution in [0.5, 0.6) is 0 Å². The number of nitrogens with zero attached hydrogens (tertiary/aromatic N) is 2. The third-order valence-corrected chi connectivity index (χ3v) is 4.19. The van der Waals surface area contributed by atoms with Crippen LogP contribution >= 0.6 is 0 Å². The lowest BCUT2D eigenvalue weighted by molar-refractivity contribution is 0.0937. The molecule has 0 saturated heterocycles. The van der Waals surface area contributed by atoms with Gasteiger partial charge in [0.05, 0.1) is 6.61 Å². The summed E-state index contributed by atoms with van der Waals surface area (Å²) < 4.78 is 4.91. The first-order chi connectivity index (χ1) is 12.2. The van der Waals surface area contributed by atoms with Crippen molar-refractivity contribution in [1.82, 2.24) is 10.3 Å². The van der Waals surface area contributed by atoms with E-state index < -0.39 is 0 Å². The van der Waals surface area contributed by atoms with Gasteiger partial charge in [-0.1, -0.05) is 18.2 Å². The van der Waals surface area contributed by atoms with Crippen LogP contribution in [0.15, 0.2) is 42.6 Å². The van der Waals surface area contributed by atoms with E-state index in [0.717, 1.165) is 24.1 Å². The average molecular weight is 339 g/mol. The molecule has 1 aromatic heterocycles. The smallest absolute Gasteiger partial charge is 0.276 e. The van der Waals surface area contributed by atoms with Crippen LogP contribution in [0.3, 0.4) is 0 Å². The maximum Gasteiger partial charge on any atom is 0.276 e. The van der Waals surface area contributed by atoms with Crippen molar-refractivity contribution < 1.29 is 14.3 Å². The van der Waals surface area contributed by atoms with Crippen molar-refractivity contribution in [1.29, 1.82) is 0 Å². The first-order valence-corrected chi connectivity index (χ1v) is 8.33. The van der Waals surface area contributed by atoms with E-state index in [-0.39, 0.29) is 17.5 Å². The summed E-state index contributed by atoms with van der Waals surface area (Å²) in [4.78, 5) is 31.0. The summed E-state index contributed by atoms with van der Waals surface area (Å²) in [6, 6.07) is 11.0. The number of methoxy groups -OCH3 is 1. The summed E-state index contributed by atoms with van der Waals surface area (Å²) >= 11 is 0. The summed E-state index contributed by atoms with van der Waals surface area (Å²) in [5.74, 6) is -0.425. The van der Waals surface area contributed by atoms with Gasteiger partial charge in [-0.15, -0.1) is 0 Å². The normalized spacial score (nSPS) is 13.2. The zero-order valence-electron chi connectivity index (χ0n) is 14.2. The summed E-state index contributed by atoms with van der Waals surface area (Å²) in [5.41, 5.74) is 2.78. The molecule has 1 aliphatic rings. The van der Waals surface area contributed by atoms with Crippen LogP contribution in [0.1, 0.15) is 32.8 Å². The maximum absolute atomic E-state index is 12.9. The number of carbonyl (C=O) groups excluding carboxylic acids is 2. The van der Waals surface area contributed by atoms with E-state index in [2.05, 4.69) is 10.3 Å². The van der Waals surface area contributed by atoms with Crippen molar-refractivity contribution in [3.8, 4) is 0 Å². The fourth-order valence-electron chi connectivity index (χ4n) is 2.94. The number of nitrogens with one attached hydrogen (secondary N) is 1. The first kappa shape index (κ1) is 17.1. The number of carbonyl (C=O) groups is 2. The number of para-hydroxylation sites is 1. The Morgan fingerprint density at radius 3 is 2.96 bits per heavy atom. The van der Waals surface area contributed by atoms with E-state index in [0.29, 0.717) is 25.3 Å². The summed E-state index contributed by atoms with van der Waals surface area (Å²) in [7, 11) is 1.58. The highest BCUT2D eigenvalue weighted by molar-refractivity contribution is 6.06. The number of fused-ring (bicyclic) bond motifs is 1. The summed E-state index contributed by atoms with van der Waals surface area (Å²) in [6.45, 7) is 1.51. The fraction of sp³-hybridized carbons (Fsp3) is 0.316. The molecule has 0 atom stereocenters. The molecule has 0 saturated carbocycles. The molecule has 3 rings (SSSR count). The van der Waals surface area contributed by atoms with E-state index in [1.54, 1.807) is 24.1 Å². The van der Waals surface area contributed by atoms with E-state index in [1.165, 1.54) is 6.20 Å². The Bertz CT molecular complexity index is 776. The molecule has 1 aromatic carbocycles. The molecule has 0 unspecified atom stereocenters. The minimum Gasteiger partial charge on any atom is -0.383 e. The van der Waals surface area contributed by atoms with Gasteiger partial charge in [-0.3, -0.25) is 14.6 Å². The Morgan fingerprint density at radius 1 is 1.28 bits per heavy atom. The maximum atomic E-state index is 12.9. The van der Waals surface area contributed by atoms with Gasteiger partial charge in [-0.25, -0.2) is 0 Å². The van der Waals surface area contributed by atoms with Crippen molar-refractivity contribution >= 4 is 17.5 Å². The number of aromatic nitrogens is 1. The molecular formula is C19H21N3O3. The summed E-state index contributed by atoms with van der Waals surface area (Å²) in [5, 5.41) is 2.74. The molecule has 6 heteroatoms. The largest absolute Gasteiger partial charge is 0.383 e. The number of hydrogen-bond acceptors (Lipinski definition) is 4. The molecule has 2 heterocycles. The van der Waals surface area contributed by atoms with E-state index in [4.69, 9.17) is 4.74 Å². The quantitative estimate of drug-likeness (QED) is 0.847. The van der Waals surface area contributed by atoms with Gasteiger partial charge in [-0.2, -0.15) is 0 Å².